The van der Waals surface area contributed by atoms with E-state index in [2.05, 4.69) is 5.32 Å². The minimum atomic E-state index is -1.27. The number of urea groups is 1. The van der Waals surface area contributed by atoms with Crippen LogP contribution < -0.4 is 5.32 Å². The molecule has 100 valence electrons. The third-order valence-electron chi connectivity index (χ3n) is 2.30. The second-order valence-corrected chi connectivity index (χ2v) is 3.99. The van der Waals surface area contributed by atoms with Crippen LogP contribution in [-0.4, -0.2) is 52.3 Å². The molecule has 2 unspecified atom stereocenters. The van der Waals surface area contributed by atoms with E-state index < -0.39 is 24.1 Å². The fourth-order valence-electron chi connectivity index (χ4n) is 1.47. The fraction of sp³-hybridized carbons (Fsp3) is 0.818. The Bertz CT molecular complexity index is 250. The molecule has 17 heavy (non-hydrogen) atoms. The summed E-state index contributed by atoms with van der Waals surface area (Å²) in [6.45, 7) is 6.37. The molecule has 0 heterocycles. The number of hydrogen-bond donors (Lipinski definition) is 3. The van der Waals surface area contributed by atoms with E-state index >= 15 is 0 Å². The van der Waals surface area contributed by atoms with Crippen molar-refractivity contribution in [2.75, 3.05) is 13.1 Å². The summed E-state index contributed by atoms with van der Waals surface area (Å²) in [4.78, 5) is 24.2. The van der Waals surface area contributed by atoms with E-state index in [0.29, 0.717) is 13.1 Å². The molecule has 6 nitrogen and oxygen atoms in total. The van der Waals surface area contributed by atoms with Gasteiger partial charge in [0.2, 0.25) is 0 Å². The highest BCUT2D eigenvalue weighted by molar-refractivity contribution is 5.83. The lowest BCUT2D eigenvalue weighted by molar-refractivity contribution is -0.141. The average molecular weight is 246 g/mol. The predicted molar refractivity (Wildman–Crippen MR) is 63.8 cm³/mol. The van der Waals surface area contributed by atoms with Gasteiger partial charge in [0.1, 0.15) is 0 Å². The van der Waals surface area contributed by atoms with Gasteiger partial charge in [-0.15, -0.1) is 0 Å². The molecule has 0 aromatic rings. The maximum Gasteiger partial charge on any atom is 0.328 e. The van der Waals surface area contributed by atoms with Gasteiger partial charge in [0.15, 0.2) is 6.04 Å². The Balaban J connectivity index is 4.50. The summed E-state index contributed by atoms with van der Waals surface area (Å²) in [6.07, 6.45) is 0.487. The number of carbonyl (C=O) groups is 2. The van der Waals surface area contributed by atoms with E-state index in [1.165, 1.54) is 6.92 Å². The summed E-state index contributed by atoms with van der Waals surface area (Å²) in [5, 5.41) is 20.4. The average Bonchev–Trinajstić information content (AvgIpc) is 2.24. The largest absolute Gasteiger partial charge is 0.480 e. The van der Waals surface area contributed by atoms with E-state index in [4.69, 9.17) is 5.11 Å². The lowest BCUT2D eigenvalue weighted by Gasteiger charge is -2.25. The standard InChI is InChI=1S/C11H22N2O4/c1-4-6-13(7-5-2)11(17)12-9(8(3)14)10(15)16/h8-9,14H,4-7H2,1-3H3,(H,12,17)(H,15,16). The Morgan fingerprint density at radius 1 is 1.24 bits per heavy atom. The molecule has 0 aromatic heterocycles. The van der Waals surface area contributed by atoms with Crippen molar-refractivity contribution in [3.05, 3.63) is 0 Å². The van der Waals surface area contributed by atoms with Gasteiger partial charge in [-0.2, -0.15) is 0 Å². The SMILES string of the molecule is CCCN(CCC)C(=O)NC(C(=O)O)C(C)O. The minimum absolute atomic E-state index is 0.443. The zero-order valence-electron chi connectivity index (χ0n) is 10.6. The number of carbonyl (C=O) groups excluding carboxylic acids is 1. The first-order valence-corrected chi connectivity index (χ1v) is 5.90. The zero-order chi connectivity index (χ0) is 13.4. The quantitative estimate of drug-likeness (QED) is 0.615. The van der Waals surface area contributed by atoms with Crippen molar-refractivity contribution in [2.24, 2.45) is 0 Å². The topological polar surface area (TPSA) is 89.9 Å². The van der Waals surface area contributed by atoms with Gasteiger partial charge in [-0.3, -0.25) is 0 Å². The van der Waals surface area contributed by atoms with E-state index in [-0.39, 0.29) is 0 Å². The molecule has 2 atom stereocenters. The molecule has 0 saturated carbocycles. The predicted octanol–water partition coefficient (Wildman–Crippen LogP) is 0.652. The van der Waals surface area contributed by atoms with Gasteiger partial charge in [-0.1, -0.05) is 13.8 Å². The van der Waals surface area contributed by atoms with Crippen molar-refractivity contribution in [1.29, 1.82) is 0 Å². The van der Waals surface area contributed by atoms with Crippen LogP contribution in [0.4, 0.5) is 4.79 Å². The summed E-state index contributed by atoms with van der Waals surface area (Å²) in [5.74, 6) is -1.23. The van der Waals surface area contributed by atoms with E-state index in [1.807, 2.05) is 13.8 Å². The van der Waals surface area contributed by atoms with Crippen LogP contribution in [0.1, 0.15) is 33.6 Å². The molecule has 0 rings (SSSR count). The number of carboxylic acids is 1. The Morgan fingerprint density at radius 2 is 1.71 bits per heavy atom. The number of aliphatic hydroxyl groups is 1. The number of aliphatic hydroxyl groups excluding tert-OH is 1. The summed E-state index contributed by atoms with van der Waals surface area (Å²) in [6, 6.07) is -1.71. The van der Waals surface area contributed by atoms with Crippen LogP contribution in [0.2, 0.25) is 0 Å². The van der Waals surface area contributed by atoms with Gasteiger partial charge < -0.3 is 20.4 Å². The van der Waals surface area contributed by atoms with Crippen LogP contribution in [0.15, 0.2) is 0 Å². The molecule has 0 aromatic carbocycles. The van der Waals surface area contributed by atoms with Gasteiger partial charge in [0, 0.05) is 13.1 Å². The molecule has 0 bridgehead atoms. The Kier molecular flexibility index (Phi) is 7.29. The maximum absolute atomic E-state index is 11.8. The van der Waals surface area contributed by atoms with Crippen LogP contribution in [0.3, 0.4) is 0 Å². The van der Waals surface area contributed by atoms with Crippen LogP contribution in [0, 0.1) is 0 Å². The van der Waals surface area contributed by atoms with Crippen molar-refractivity contribution < 1.29 is 19.8 Å². The third kappa shape index (κ3) is 5.53. The van der Waals surface area contributed by atoms with Gasteiger partial charge in [0.05, 0.1) is 6.10 Å². The molecule has 2 amide bonds. The number of carboxylic acid groups (broad SMARTS) is 1. The summed E-state index contributed by atoms with van der Waals surface area (Å²) >= 11 is 0. The second-order valence-electron chi connectivity index (χ2n) is 3.99. The van der Waals surface area contributed by atoms with Gasteiger partial charge in [-0.25, -0.2) is 9.59 Å². The molecule has 0 saturated heterocycles. The van der Waals surface area contributed by atoms with Crippen molar-refractivity contribution in [3.63, 3.8) is 0 Å². The van der Waals surface area contributed by atoms with Crippen molar-refractivity contribution in [1.82, 2.24) is 10.2 Å². The molecular formula is C11H22N2O4. The highest BCUT2D eigenvalue weighted by Gasteiger charge is 2.26. The van der Waals surface area contributed by atoms with Crippen LogP contribution >= 0.6 is 0 Å². The molecule has 0 aliphatic heterocycles. The van der Waals surface area contributed by atoms with Crippen molar-refractivity contribution in [2.45, 2.75) is 45.8 Å². The van der Waals surface area contributed by atoms with E-state index in [0.717, 1.165) is 12.8 Å². The Hall–Kier alpha value is -1.30. The number of hydrogen-bond acceptors (Lipinski definition) is 3. The summed E-state index contributed by atoms with van der Waals surface area (Å²) in [7, 11) is 0. The molecule has 0 aliphatic carbocycles. The van der Waals surface area contributed by atoms with Gasteiger partial charge in [-0.05, 0) is 19.8 Å². The maximum atomic E-state index is 11.8. The number of aliphatic carboxylic acids is 1. The highest BCUT2D eigenvalue weighted by atomic mass is 16.4. The first kappa shape index (κ1) is 15.7. The summed E-state index contributed by atoms with van der Waals surface area (Å²) < 4.78 is 0. The molecule has 0 fully saturated rings. The number of nitrogens with zero attached hydrogens (tertiary/aromatic N) is 1. The lowest BCUT2D eigenvalue weighted by atomic mass is 10.2. The Labute approximate surface area is 102 Å². The van der Waals surface area contributed by atoms with Crippen LogP contribution in [-0.2, 0) is 4.79 Å². The highest BCUT2D eigenvalue weighted by Crippen LogP contribution is 1.99. The Morgan fingerprint density at radius 3 is 2.00 bits per heavy atom. The summed E-state index contributed by atoms with van der Waals surface area (Å²) in [5.41, 5.74) is 0. The number of amides is 2. The minimum Gasteiger partial charge on any atom is -0.480 e. The second kappa shape index (κ2) is 7.89. The third-order valence-corrected chi connectivity index (χ3v) is 2.30. The first-order chi connectivity index (χ1) is 7.93. The molecule has 0 radical (unpaired) electrons. The fourth-order valence-corrected chi connectivity index (χ4v) is 1.47. The number of rotatable bonds is 7. The lowest BCUT2D eigenvalue weighted by Crippen LogP contribution is -2.52. The van der Waals surface area contributed by atoms with Crippen LogP contribution in [0.5, 0.6) is 0 Å². The molecule has 6 heteroatoms. The first-order valence-electron chi connectivity index (χ1n) is 5.90. The van der Waals surface area contributed by atoms with Gasteiger partial charge in [0.25, 0.3) is 0 Å². The zero-order valence-corrected chi connectivity index (χ0v) is 10.6. The molecule has 0 aliphatic rings. The van der Waals surface area contributed by atoms with E-state index in [1.54, 1.807) is 4.90 Å². The van der Waals surface area contributed by atoms with Crippen molar-refractivity contribution in [3.8, 4) is 0 Å². The van der Waals surface area contributed by atoms with Crippen molar-refractivity contribution >= 4 is 12.0 Å². The van der Waals surface area contributed by atoms with Crippen LogP contribution in [0.25, 0.3) is 0 Å². The normalized spacial score (nSPS) is 13.9. The molecular weight excluding hydrogens is 224 g/mol. The smallest absolute Gasteiger partial charge is 0.328 e. The molecule has 0 spiro atoms. The molecule has 3 N–H and O–H groups in total. The monoisotopic (exact) mass is 246 g/mol. The number of nitrogens with one attached hydrogen (secondary N) is 1. The van der Waals surface area contributed by atoms with Gasteiger partial charge >= 0.3 is 12.0 Å². The van der Waals surface area contributed by atoms with E-state index in [9.17, 15) is 14.7 Å².